The summed E-state index contributed by atoms with van der Waals surface area (Å²) in [7, 11) is 1.90. The summed E-state index contributed by atoms with van der Waals surface area (Å²) in [6, 6.07) is 11.4. The number of carbonyl (C=O) groups is 1. The van der Waals surface area contributed by atoms with E-state index in [0.29, 0.717) is 17.2 Å². The number of para-hydroxylation sites is 2. The largest absolute Gasteiger partial charge is 0.319 e. The Morgan fingerprint density at radius 2 is 2.04 bits per heavy atom. The number of nitrogens with zero attached hydrogens (tertiary/aromatic N) is 4. The minimum atomic E-state index is -0.285. The molecule has 7 heteroatoms. The van der Waals surface area contributed by atoms with E-state index in [1.54, 1.807) is 18.5 Å². The van der Waals surface area contributed by atoms with Gasteiger partial charge in [0.05, 0.1) is 22.9 Å². The van der Waals surface area contributed by atoms with Gasteiger partial charge in [-0.3, -0.25) is 14.2 Å². The van der Waals surface area contributed by atoms with Crippen molar-refractivity contribution in [2.24, 2.45) is 0 Å². The van der Waals surface area contributed by atoms with Crippen LogP contribution in [0.1, 0.15) is 16.1 Å². The molecule has 1 amide bonds. The van der Waals surface area contributed by atoms with Gasteiger partial charge in [0.1, 0.15) is 5.69 Å². The first-order valence-electron chi connectivity index (χ1n) is 8.38. The molecule has 0 spiro atoms. The van der Waals surface area contributed by atoms with Crippen molar-refractivity contribution in [1.29, 1.82) is 0 Å². The number of hydrogen-bond donors (Lipinski definition) is 2. The highest BCUT2D eigenvalue weighted by atomic mass is 16.1. The first kappa shape index (κ1) is 16.2. The average Bonchev–Trinajstić information content (AvgIpc) is 3.04. The maximum atomic E-state index is 12.5. The lowest BCUT2D eigenvalue weighted by Crippen LogP contribution is -2.15. The van der Waals surface area contributed by atoms with Crippen LogP contribution in [-0.4, -0.2) is 38.9 Å². The van der Waals surface area contributed by atoms with E-state index >= 15 is 0 Å². The zero-order chi connectivity index (χ0) is 17.9. The molecule has 0 fully saturated rings. The quantitative estimate of drug-likeness (QED) is 0.579. The molecule has 0 aliphatic carbocycles. The molecular weight excluding hydrogens is 328 g/mol. The van der Waals surface area contributed by atoms with Crippen molar-refractivity contribution in [2.75, 3.05) is 18.9 Å². The van der Waals surface area contributed by atoms with Gasteiger partial charge in [-0.05, 0) is 49.8 Å². The number of hydrogen-bond acceptors (Lipinski definition) is 5. The van der Waals surface area contributed by atoms with Crippen molar-refractivity contribution in [2.45, 2.75) is 6.42 Å². The number of nitrogens with one attached hydrogen (secondary N) is 2. The fourth-order valence-electron chi connectivity index (χ4n) is 2.83. The summed E-state index contributed by atoms with van der Waals surface area (Å²) in [5.41, 5.74) is 3.83. The third-order valence-electron chi connectivity index (χ3n) is 4.13. The maximum absolute atomic E-state index is 12.5. The molecule has 0 saturated heterocycles. The van der Waals surface area contributed by atoms with Crippen LogP contribution in [0.5, 0.6) is 0 Å². The Bertz CT molecular complexity index is 1090. The maximum Gasteiger partial charge on any atom is 0.274 e. The number of likely N-dealkylation sites (N-methyl/N-ethyl adjacent to an activating group) is 1. The zero-order valence-corrected chi connectivity index (χ0v) is 14.3. The number of anilines is 1. The molecule has 4 aromatic rings. The number of carbonyl (C=O) groups excluding carboxylic acids is 1. The molecule has 0 bridgehead atoms. The predicted molar refractivity (Wildman–Crippen MR) is 100 cm³/mol. The lowest BCUT2D eigenvalue weighted by Gasteiger charge is -2.07. The fourth-order valence-corrected chi connectivity index (χ4v) is 2.83. The molecule has 0 aliphatic rings. The van der Waals surface area contributed by atoms with Gasteiger partial charge in [-0.1, -0.05) is 12.1 Å². The highest BCUT2D eigenvalue weighted by Crippen LogP contribution is 2.16. The fraction of sp³-hybridized carbons (Fsp3) is 0.158. The van der Waals surface area contributed by atoms with Crippen molar-refractivity contribution in [3.8, 4) is 0 Å². The second-order valence-corrected chi connectivity index (χ2v) is 5.97. The van der Waals surface area contributed by atoms with Crippen LogP contribution in [0.4, 0.5) is 5.69 Å². The number of rotatable bonds is 5. The van der Waals surface area contributed by atoms with Crippen LogP contribution in [0, 0.1) is 0 Å². The van der Waals surface area contributed by atoms with Gasteiger partial charge in [-0.2, -0.15) is 0 Å². The normalized spacial score (nSPS) is 11.1. The molecule has 3 aromatic heterocycles. The molecule has 0 unspecified atom stereocenters. The van der Waals surface area contributed by atoms with Crippen LogP contribution < -0.4 is 10.6 Å². The van der Waals surface area contributed by atoms with Crippen LogP contribution >= 0.6 is 0 Å². The summed E-state index contributed by atoms with van der Waals surface area (Å²) in [5.74, 6) is 0.215. The highest BCUT2D eigenvalue weighted by molar-refractivity contribution is 6.03. The van der Waals surface area contributed by atoms with E-state index in [1.807, 2.05) is 48.0 Å². The third kappa shape index (κ3) is 3.12. The van der Waals surface area contributed by atoms with E-state index in [1.165, 1.54) is 0 Å². The summed E-state index contributed by atoms with van der Waals surface area (Å²) in [4.78, 5) is 25.6. The molecule has 2 N–H and O–H groups in total. The lowest BCUT2D eigenvalue weighted by molar-refractivity contribution is 0.102. The number of imidazole rings is 1. The van der Waals surface area contributed by atoms with E-state index in [-0.39, 0.29) is 5.91 Å². The molecule has 7 nitrogen and oxygen atoms in total. The van der Waals surface area contributed by atoms with Crippen molar-refractivity contribution in [3.63, 3.8) is 0 Å². The van der Waals surface area contributed by atoms with Gasteiger partial charge in [0.15, 0.2) is 0 Å². The Morgan fingerprint density at radius 3 is 2.92 bits per heavy atom. The molecule has 26 heavy (non-hydrogen) atoms. The molecular formula is C19H18N6O. The standard InChI is InChI=1S/C19H18N6O/c1-20-8-6-13-10-14(12-21-11-13)22-18(26)16-7-9-25-17-5-3-2-4-15(17)23-19(25)24-16/h2-5,7,9-12,20H,6,8H2,1H3,(H,22,26). The van der Waals surface area contributed by atoms with Crippen LogP contribution in [0.3, 0.4) is 0 Å². The Balaban J connectivity index is 1.59. The van der Waals surface area contributed by atoms with E-state index in [9.17, 15) is 4.79 Å². The van der Waals surface area contributed by atoms with Crippen LogP contribution in [0.2, 0.25) is 0 Å². The van der Waals surface area contributed by atoms with Crippen molar-refractivity contribution < 1.29 is 4.79 Å². The Morgan fingerprint density at radius 1 is 1.15 bits per heavy atom. The van der Waals surface area contributed by atoms with E-state index in [0.717, 1.165) is 29.6 Å². The summed E-state index contributed by atoms with van der Waals surface area (Å²) < 4.78 is 1.87. The van der Waals surface area contributed by atoms with Gasteiger partial charge >= 0.3 is 0 Å². The molecule has 0 radical (unpaired) electrons. The molecule has 0 saturated carbocycles. The summed E-state index contributed by atoms with van der Waals surface area (Å²) in [6.07, 6.45) is 6.09. The average molecular weight is 346 g/mol. The topological polar surface area (TPSA) is 84.2 Å². The number of benzene rings is 1. The van der Waals surface area contributed by atoms with E-state index < -0.39 is 0 Å². The molecule has 3 heterocycles. The smallest absolute Gasteiger partial charge is 0.274 e. The second kappa shape index (κ2) is 6.89. The van der Waals surface area contributed by atoms with Crippen LogP contribution in [0.25, 0.3) is 16.8 Å². The SMILES string of the molecule is CNCCc1cncc(NC(=O)c2ccn3c(n2)nc2ccccc23)c1. The third-order valence-corrected chi connectivity index (χ3v) is 4.13. The van der Waals surface area contributed by atoms with Crippen LogP contribution in [0.15, 0.2) is 55.0 Å². The monoisotopic (exact) mass is 346 g/mol. The molecule has 1 aromatic carbocycles. The number of amides is 1. The molecule has 4 rings (SSSR count). The van der Waals surface area contributed by atoms with Gasteiger partial charge in [0, 0.05) is 12.4 Å². The Kier molecular flexibility index (Phi) is 4.28. The summed E-state index contributed by atoms with van der Waals surface area (Å²) in [5, 5.41) is 5.95. The van der Waals surface area contributed by atoms with Gasteiger partial charge in [0.2, 0.25) is 5.78 Å². The Hall–Kier alpha value is -3.32. The molecule has 0 atom stereocenters. The number of fused-ring (bicyclic) bond motifs is 3. The molecule has 0 aliphatic heterocycles. The first-order valence-corrected chi connectivity index (χ1v) is 8.38. The zero-order valence-electron chi connectivity index (χ0n) is 14.3. The Labute approximate surface area is 150 Å². The minimum absolute atomic E-state index is 0.285. The lowest BCUT2D eigenvalue weighted by atomic mass is 10.2. The first-order chi connectivity index (χ1) is 12.7. The summed E-state index contributed by atoms with van der Waals surface area (Å²) >= 11 is 0. The van der Waals surface area contributed by atoms with E-state index in [2.05, 4.69) is 25.6 Å². The second-order valence-electron chi connectivity index (χ2n) is 5.97. The van der Waals surface area contributed by atoms with Gasteiger partial charge < -0.3 is 10.6 Å². The van der Waals surface area contributed by atoms with E-state index in [4.69, 9.17) is 0 Å². The number of aromatic nitrogens is 4. The predicted octanol–water partition coefficient (Wildman–Crippen LogP) is 2.29. The van der Waals surface area contributed by atoms with Gasteiger partial charge in [-0.15, -0.1) is 0 Å². The van der Waals surface area contributed by atoms with Gasteiger partial charge in [0.25, 0.3) is 5.91 Å². The summed E-state index contributed by atoms with van der Waals surface area (Å²) in [6.45, 7) is 0.852. The minimum Gasteiger partial charge on any atom is -0.319 e. The highest BCUT2D eigenvalue weighted by Gasteiger charge is 2.12. The number of pyridine rings is 1. The van der Waals surface area contributed by atoms with Crippen molar-refractivity contribution in [3.05, 3.63) is 66.2 Å². The van der Waals surface area contributed by atoms with Crippen molar-refractivity contribution >= 4 is 28.4 Å². The van der Waals surface area contributed by atoms with Crippen LogP contribution in [-0.2, 0) is 6.42 Å². The molecule has 130 valence electrons. The van der Waals surface area contributed by atoms with Crippen molar-refractivity contribution in [1.82, 2.24) is 24.7 Å². The van der Waals surface area contributed by atoms with Gasteiger partial charge in [-0.25, -0.2) is 9.97 Å².